The lowest BCUT2D eigenvalue weighted by molar-refractivity contribution is 0.0628. The van der Waals surface area contributed by atoms with Crippen LogP contribution in [0.2, 0.25) is 0 Å². The molecule has 0 N–H and O–H groups in total. The molecule has 0 bridgehead atoms. The number of rotatable bonds is 8. The second-order valence-corrected chi connectivity index (χ2v) is 7.06. The van der Waals surface area contributed by atoms with Gasteiger partial charge in [-0.05, 0) is 42.8 Å². The molecule has 1 amide bonds. The van der Waals surface area contributed by atoms with Gasteiger partial charge in [0, 0.05) is 38.3 Å². The Morgan fingerprint density at radius 1 is 0.833 bits per heavy atom. The third-order valence-corrected chi connectivity index (χ3v) is 5.22. The summed E-state index contributed by atoms with van der Waals surface area (Å²) in [6.07, 6.45) is 0. The maximum Gasteiger partial charge on any atom is 0.254 e. The van der Waals surface area contributed by atoms with E-state index in [1.807, 2.05) is 30.0 Å². The van der Waals surface area contributed by atoms with E-state index in [1.54, 1.807) is 39.5 Å². The van der Waals surface area contributed by atoms with Crippen LogP contribution in [0.15, 0.2) is 36.4 Å². The topological polar surface area (TPSA) is 60.5 Å². The van der Waals surface area contributed by atoms with Crippen molar-refractivity contribution in [1.82, 2.24) is 9.80 Å². The number of piperazine rings is 1. The first-order valence-electron chi connectivity index (χ1n) is 10.1. The largest absolute Gasteiger partial charge is 0.493 e. The molecule has 0 spiro atoms. The van der Waals surface area contributed by atoms with E-state index in [1.165, 1.54) is 0 Å². The van der Waals surface area contributed by atoms with Crippen LogP contribution in [0.5, 0.6) is 23.0 Å². The van der Waals surface area contributed by atoms with Gasteiger partial charge in [0.2, 0.25) is 0 Å². The predicted molar refractivity (Wildman–Crippen MR) is 115 cm³/mol. The van der Waals surface area contributed by atoms with Gasteiger partial charge in [-0.2, -0.15) is 0 Å². The minimum absolute atomic E-state index is 0.0158. The molecule has 1 fully saturated rings. The molecule has 1 aliphatic rings. The number of hydrogen-bond acceptors (Lipinski definition) is 6. The highest BCUT2D eigenvalue weighted by Gasteiger charge is 2.23. The number of nitrogens with zero attached hydrogens (tertiary/aromatic N) is 2. The molecule has 0 aliphatic carbocycles. The number of carbonyl (C=O) groups excluding carboxylic acids is 1. The minimum Gasteiger partial charge on any atom is -0.493 e. The third-order valence-electron chi connectivity index (χ3n) is 5.22. The molecule has 2 aromatic rings. The van der Waals surface area contributed by atoms with Crippen molar-refractivity contribution in [3.8, 4) is 23.0 Å². The van der Waals surface area contributed by atoms with Crippen molar-refractivity contribution >= 4 is 5.91 Å². The smallest absolute Gasteiger partial charge is 0.254 e. The molecule has 0 atom stereocenters. The van der Waals surface area contributed by atoms with Crippen molar-refractivity contribution in [3.05, 3.63) is 47.5 Å². The maximum absolute atomic E-state index is 12.9. The fourth-order valence-corrected chi connectivity index (χ4v) is 3.60. The summed E-state index contributed by atoms with van der Waals surface area (Å²) < 4.78 is 21.6. The molecule has 7 nitrogen and oxygen atoms in total. The molecule has 162 valence electrons. The van der Waals surface area contributed by atoms with Crippen LogP contribution >= 0.6 is 0 Å². The maximum atomic E-state index is 12.9. The minimum atomic E-state index is 0.0158. The zero-order chi connectivity index (χ0) is 21.5. The molecular formula is C23H30N2O5. The fraction of sp³-hybridized carbons (Fsp3) is 0.435. The van der Waals surface area contributed by atoms with Gasteiger partial charge >= 0.3 is 0 Å². The molecule has 2 aromatic carbocycles. The summed E-state index contributed by atoms with van der Waals surface area (Å²) >= 11 is 0. The number of carbonyl (C=O) groups is 1. The lowest BCUT2D eigenvalue weighted by Gasteiger charge is -2.35. The van der Waals surface area contributed by atoms with Gasteiger partial charge in [0.1, 0.15) is 0 Å². The van der Waals surface area contributed by atoms with Crippen LogP contribution in [0.25, 0.3) is 0 Å². The molecule has 1 saturated heterocycles. The molecule has 0 saturated carbocycles. The summed E-state index contributed by atoms with van der Waals surface area (Å²) in [4.78, 5) is 17.2. The van der Waals surface area contributed by atoms with Crippen LogP contribution in [0.3, 0.4) is 0 Å². The van der Waals surface area contributed by atoms with Crippen LogP contribution in [-0.2, 0) is 6.54 Å². The van der Waals surface area contributed by atoms with Crippen molar-refractivity contribution in [3.63, 3.8) is 0 Å². The number of methoxy groups -OCH3 is 3. The number of amides is 1. The summed E-state index contributed by atoms with van der Waals surface area (Å²) in [6.45, 7) is 6.26. The average molecular weight is 415 g/mol. The van der Waals surface area contributed by atoms with Gasteiger partial charge in [-0.25, -0.2) is 0 Å². The van der Waals surface area contributed by atoms with Gasteiger partial charge < -0.3 is 23.8 Å². The van der Waals surface area contributed by atoms with Crippen LogP contribution in [0, 0.1) is 0 Å². The van der Waals surface area contributed by atoms with E-state index in [0.29, 0.717) is 36.8 Å². The summed E-state index contributed by atoms with van der Waals surface area (Å²) in [7, 11) is 4.86. The Kier molecular flexibility index (Phi) is 7.41. The Bertz CT molecular complexity index is 863. The van der Waals surface area contributed by atoms with E-state index in [0.717, 1.165) is 36.7 Å². The lowest BCUT2D eigenvalue weighted by atomic mass is 10.1. The van der Waals surface area contributed by atoms with Gasteiger partial charge in [0.25, 0.3) is 5.91 Å². The van der Waals surface area contributed by atoms with Crippen LogP contribution in [0.1, 0.15) is 22.8 Å². The van der Waals surface area contributed by atoms with Gasteiger partial charge in [-0.3, -0.25) is 9.69 Å². The van der Waals surface area contributed by atoms with Gasteiger partial charge in [0.05, 0.1) is 27.9 Å². The van der Waals surface area contributed by atoms with Crippen molar-refractivity contribution in [2.75, 3.05) is 54.1 Å². The molecule has 0 aromatic heterocycles. The van der Waals surface area contributed by atoms with E-state index in [-0.39, 0.29) is 5.91 Å². The van der Waals surface area contributed by atoms with Gasteiger partial charge in [-0.1, -0.05) is 6.07 Å². The highest BCUT2D eigenvalue weighted by atomic mass is 16.5. The van der Waals surface area contributed by atoms with Crippen LogP contribution in [-0.4, -0.2) is 69.8 Å². The summed E-state index contributed by atoms with van der Waals surface area (Å²) in [5, 5.41) is 0. The lowest BCUT2D eigenvalue weighted by Crippen LogP contribution is -2.48. The molecular weight excluding hydrogens is 384 g/mol. The Morgan fingerprint density at radius 3 is 2.10 bits per heavy atom. The summed E-state index contributed by atoms with van der Waals surface area (Å²) in [5.41, 5.74) is 1.77. The van der Waals surface area contributed by atoms with Gasteiger partial charge in [-0.15, -0.1) is 0 Å². The first-order valence-corrected chi connectivity index (χ1v) is 10.1. The van der Waals surface area contributed by atoms with Crippen molar-refractivity contribution in [2.24, 2.45) is 0 Å². The summed E-state index contributed by atoms with van der Waals surface area (Å²) in [6, 6.07) is 11.3. The first kappa shape index (κ1) is 21.8. The number of benzene rings is 2. The molecule has 1 aliphatic heterocycles. The fourth-order valence-electron chi connectivity index (χ4n) is 3.60. The zero-order valence-electron chi connectivity index (χ0n) is 18.1. The Hall–Kier alpha value is -2.93. The summed E-state index contributed by atoms with van der Waals surface area (Å²) in [5.74, 6) is 2.70. The number of hydrogen-bond donors (Lipinski definition) is 0. The monoisotopic (exact) mass is 414 g/mol. The molecule has 3 rings (SSSR count). The predicted octanol–water partition coefficient (Wildman–Crippen LogP) is 3.07. The second kappa shape index (κ2) is 10.2. The van der Waals surface area contributed by atoms with E-state index in [2.05, 4.69) is 4.90 Å². The standard InChI is InChI=1S/C23H30N2O5/c1-5-30-20-9-7-18(15-22(20)29-4)23(26)25-12-10-24(11-13-25)16-17-6-8-19(27-2)21(14-17)28-3/h6-9,14-15H,5,10-13,16H2,1-4H3. The molecule has 30 heavy (non-hydrogen) atoms. The van der Waals surface area contributed by atoms with E-state index in [9.17, 15) is 4.79 Å². The molecule has 7 heteroatoms. The SMILES string of the molecule is CCOc1ccc(C(=O)N2CCN(Cc3ccc(OC)c(OC)c3)CC2)cc1OC. The first-order chi connectivity index (χ1) is 14.6. The molecule has 1 heterocycles. The van der Waals surface area contributed by atoms with Crippen LogP contribution in [0.4, 0.5) is 0 Å². The normalized spacial score (nSPS) is 14.3. The van der Waals surface area contributed by atoms with Gasteiger partial charge in [0.15, 0.2) is 23.0 Å². The Balaban J connectivity index is 1.59. The molecule has 0 unspecified atom stereocenters. The van der Waals surface area contributed by atoms with Crippen molar-refractivity contribution in [1.29, 1.82) is 0 Å². The van der Waals surface area contributed by atoms with Crippen molar-refractivity contribution < 1.29 is 23.7 Å². The average Bonchev–Trinajstić information content (AvgIpc) is 2.79. The highest BCUT2D eigenvalue weighted by Crippen LogP contribution is 2.29. The van der Waals surface area contributed by atoms with E-state index in [4.69, 9.17) is 18.9 Å². The van der Waals surface area contributed by atoms with E-state index >= 15 is 0 Å². The Labute approximate surface area is 178 Å². The van der Waals surface area contributed by atoms with E-state index < -0.39 is 0 Å². The highest BCUT2D eigenvalue weighted by molar-refractivity contribution is 5.95. The second-order valence-electron chi connectivity index (χ2n) is 7.06. The Morgan fingerprint density at radius 2 is 1.47 bits per heavy atom. The zero-order valence-corrected chi connectivity index (χ0v) is 18.1. The number of ether oxygens (including phenoxy) is 4. The van der Waals surface area contributed by atoms with Crippen LogP contribution < -0.4 is 18.9 Å². The van der Waals surface area contributed by atoms with Crippen molar-refractivity contribution in [2.45, 2.75) is 13.5 Å². The molecule has 0 radical (unpaired) electrons. The third kappa shape index (κ3) is 4.97. The quantitative estimate of drug-likeness (QED) is 0.662.